The molecule has 96 valence electrons. The highest BCUT2D eigenvalue weighted by Crippen LogP contribution is 2.31. The summed E-state index contributed by atoms with van der Waals surface area (Å²) < 4.78 is 0. The summed E-state index contributed by atoms with van der Waals surface area (Å²) in [6.45, 7) is 7.72. The summed E-state index contributed by atoms with van der Waals surface area (Å²) in [6, 6.07) is 6.07. The van der Waals surface area contributed by atoms with Gasteiger partial charge in [-0.1, -0.05) is 20.8 Å². The van der Waals surface area contributed by atoms with E-state index in [4.69, 9.17) is 5.73 Å². The van der Waals surface area contributed by atoms with Crippen LogP contribution in [0.15, 0.2) is 30.6 Å². The highest BCUT2D eigenvalue weighted by Gasteiger charge is 2.15. The molecule has 0 saturated heterocycles. The smallest absolute Gasteiger partial charge is 0.0446 e. The normalized spacial score (nSPS) is 11.8. The van der Waals surface area contributed by atoms with Crippen molar-refractivity contribution >= 4 is 22.1 Å². The van der Waals surface area contributed by atoms with Gasteiger partial charge in [0.25, 0.3) is 0 Å². The van der Waals surface area contributed by atoms with Crippen molar-refractivity contribution in [3.63, 3.8) is 0 Å². The van der Waals surface area contributed by atoms with E-state index in [-0.39, 0.29) is 5.41 Å². The summed E-state index contributed by atoms with van der Waals surface area (Å²) in [7, 11) is 2.12. The molecule has 0 aliphatic carbocycles. The van der Waals surface area contributed by atoms with Gasteiger partial charge in [0.1, 0.15) is 0 Å². The number of hydrogen-bond acceptors (Lipinski definition) is 3. The van der Waals surface area contributed by atoms with Gasteiger partial charge in [-0.3, -0.25) is 4.98 Å². The van der Waals surface area contributed by atoms with Crippen molar-refractivity contribution < 1.29 is 0 Å². The van der Waals surface area contributed by atoms with E-state index in [0.717, 1.165) is 23.0 Å². The molecule has 0 atom stereocenters. The molecule has 18 heavy (non-hydrogen) atoms. The number of nitrogens with two attached hydrogens (primary N) is 1. The van der Waals surface area contributed by atoms with Crippen molar-refractivity contribution in [1.29, 1.82) is 0 Å². The van der Waals surface area contributed by atoms with Crippen molar-refractivity contribution in [3.8, 4) is 0 Å². The molecule has 0 amide bonds. The molecule has 1 aromatic carbocycles. The maximum atomic E-state index is 5.99. The number of aromatic nitrogens is 1. The summed E-state index contributed by atoms with van der Waals surface area (Å²) >= 11 is 0. The van der Waals surface area contributed by atoms with E-state index >= 15 is 0 Å². The van der Waals surface area contributed by atoms with Gasteiger partial charge in [-0.15, -0.1) is 0 Å². The van der Waals surface area contributed by atoms with Gasteiger partial charge in [0, 0.05) is 48.1 Å². The summed E-state index contributed by atoms with van der Waals surface area (Å²) in [5.74, 6) is 0. The third-order valence-electron chi connectivity index (χ3n) is 2.95. The van der Waals surface area contributed by atoms with Gasteiger partial charge in [0.2, 0.25) is 0 Å². The van der Waals surface area contributed by atoms with E-state index in [9.17, 15) is 0 Å². The molecule has 0 bridgehead atoms. The molecule has 0 fully saturated rings. The second-order valence-corrected chi connectivity index (χ2v) is 6.01. The number of benzene rings is 1. The molecule has 2 N–H and O–H groups in total. The molecule has 0 spiro atoms. The number of nitrogens with zero attached hydrogens (tertiary/aromatic N) is 2. The minimum atomic E-state index is 0.259. The van der Waals surface area contributed by atoms with Crippen molar-refractivity contribution in [3.05, 3.63) is 30.6 Å². The number of rotatable bonds is 2. The number of anilines is 2. The zero-order valence-electron chi connectivity index (χ0n) is 11.6. The van der Waals surface area contributed by atoms with Gasteiger partial charge in [-0.2, -0.15) is 0 Å². The van der Waals surface area contributed by atoms with Gasteiger partial charge in [0.05, 0.1) is 0 Å². The second kappa shape index (κ2) is 4.48. The maximum absolute atomic E-state index is 5.99. The minimum absolute atomic E-state index is 0.259. The van der Waals surface area contributed by atoms with Crippen LogP contribution in [-0.4, -0.2) is 18.6 Å². The van der Waals surface area contributed by atoms with Gasteiger partial charge in [-0.25, -0.2) is 0 Å². The summed E-state index contributed by atoms with van der Waals surface area (Å²) in [6.07, 6.45) is 3.65. The number of nitrogen functional groups attached to an aromatic ring is 1. The Morgan fingerprint density at radius 3 is 2.56 bits per heavy atom. The second-order valence-electron chi connectivity index (χ2n) is 6.01. The Bertz CT molecular complexity index is 555. The fraction of sp³-hybridized carbons (Fsp3) is 0.400. The lowest BCUT2D eigenvalue weighted by atomic mass is 9.95. The Kier molecular flexibility index (Phi) is 3.16. The molecule has 0 radical (unpaired) electrons. The first-order valence-electron chi connectivity index (χ1n) is 6.22. The predicted molar refractivity (Wildman–Crippen MR) is 78.9 cm³/mol. The number of pyridine rings is 1. The highest BCUT2D eigenvalue weighted by molar-refractivity contribution is 6.00. The quantitative estimate of drug-likeness (QED) is 0.823. The van der Waals surface area contributed by atoms with Crippen molar-refractivity contribution in [2.24, 2.45) is 5.41 Å². The standard InChI is InChI=1S/C15H21N3/c1-15(2,3)10-18(4)14-6-5-13(16)12-9-17-8-7-11(12)14/h5-9H,10,16H2,1-4H3. The summed E-state index contributed by atoms with van der Waals surface area (Å²) in [4.78, 5) is 6.43. The fourth-order valence-electron chi connectivity index (χ4n) is 2.33. The number of hydrogen-bond donors (Lipinski definition) is 1. The van der Waals surface area contributed by atoms with E-state index in [1.807, 2.05) is 24.5 Å². The Balaban J connectivity index is 2.49. The molecule has 0 aliphatic rings. The number of fused-ring (bicyclic) bond motifs is 1. The molecule has 2 aromatic rings. The molecule has 0 unspecified atom stereocenters. The Labute approximate surface area is 109 Å². The first-order valence-corrected chi connectivity index (χ1v) is 6.22. The van der Waals surface area contributed by atoms with Crippen LogP contribution in [-0.2, 0) is 0 Å². The van der Waals surface area contributed by atoms with E-state index in [1.165, 1.54) is 5.69 Å². The topological polar surface area (TPSA) is 42.1 Å². The SMILES string of the molecule is CN(CC(C)(C)C)c1ccc(N)c2cnccc12. The van der Waals surface area contributed by atoms with Crippen LogP contribution in [0, 0.1) is 5.41 Å². The van der Waals surface area contributed by atoms with Crippen LogP contribution in [0.3, 0.4) is 0 Å². The molecular weight excluding hydrogens is 222 g/mol. The Hall–Kier alpha value is -1.77. The van der Waals surface area contributed by atoms with Crippen LogP contribution in [0.4, 0.5) is 11.4 Å². The zero-order valence-corrected chi connectivity index (χ0v) is 11.6. The van der Waals surface area contributed by atoms with Crippen molar-refractivity contribution in [2.75, 3.05) is 24.2 Å². The Morgan fingerprint density at radius 1 is 1.17 bits per heavy atom. The average Bonchev–Trinajstić information content (AvgIpc) is 2.27. The highest BCUT2D eigenvalue weighted by atomic mass is 15.1. The molecule has 0 aliphatic heterocycles. The van der Waals surface area contributed by atoms with Gasteiger partial charge in [-0.05, 0) is 23.6 Å². The Morgan fingerprint density at radius 2 is 1.89 bits per heavy atom. The van der Waals surface area contributed by atoms with E-state index in [1.54, 1.807) is 0 Å². The monoisotopic (exact) mass is 243 g/mol. The molecule has 1 heterocycles. The molecule has 3 nitrogen and oxygen atoms in total. The molecular formula is C15H21N3. The third kappa shape index (κ3) is 2.55. The lowest BCUT2D eigenvalue weighted by Crippen LogP contribution is -2.29. The van der Waals surface area contributed by atoms with Gasteiger partial charge >= 0.3 is 0 Å². The molecule has 3 heteroatoms. The first-order chi connectivity index (χ1) is 8.38. The third-order valence-corrected chi connectivity index (χ3v) is 2.95. The van der Waals surface area contributed by atoms with Crippen molar-refractivity contribution in [1.82, 2.24) is 4.98 Å². The lowest BCUT2D eigenvalue weighted by molar-refractivity contribution is 0.419. The minimum Gasteiger partial charge on any atom is -0.398 e. The molecule has 0 saturated carbocycles. The van der Waals surface area contributed by atoms with Crippen molar-refractivity contribution in [2.45, 2.75) is 20.8 Å². The maximum Gasteiger partial charge on any atom is 0.0446 e. The van der Waals surface area contributed by atoms with Gasteiger partial charge in [0.15, 0.2) is 0 Å². The van der Waals surface area contributed by atoms with Crippen LogP contribution in [0.25, 0.3) is 10.8 Å². The predicted octanol–water partition coefficient (Wildman–Crippen LogP) is 3.30. The van der Waals surface area contributed by atoms with Crippen LogP contribution in [0.5, 0.6) is 0 Å². The fourth-order valence-corrected chi connectivity index (χ4v) is 2.33. The molecule has 2 rings (SSSR count). The average molecular weight is 243 g/mol. The van der Waals surface area contributed by atoms with E-state index in [0.29, 0.717) is 0 Å². The van der Waals surface area contributed by atoms with Crippen LogP contribution >= 0.6 is 0 Å². The summed E-state index contributed by atoms with van der Waals surface area (Å²) in [5.41, 5.74) is 8.24. The van der Waals surface area contributed by atoms with Crippen LogP contribution < -0.4 is 10.6 Å². The van der Waals surface area contributed by atoms with E-state index in [2.05, 4.69) is 43.8 Å². The largest absolute Gasteiger partial charge is 0.398 e. The zero-order chi connectivity index (χ0) is 13.3. The lowest BCUT2D eigenvalue weighted by Gasteiger charge is -2.29. The van der Waals surface area contributed by atoms with Crippen LogP contribution in [0.2, 0.25) is 0 Å². The summed E-state index contributed by atoms with van der Waals surface area (Å²) in [5, 5.41) is 2.19. The first kappa shape index (κ1) is 12.7. The van der Waals surface area contributed by atoms with E-state index < -0.39 is 0 Å². The van der Waals surface area contributed by atoms with Gasteiger partial charge < -0.3 is 10.6 Å². The van der Waals surface area contributed by atoms with Crippen LogP contribution in [0.1, 0.15) is 20.8 Å². The molecule has 1 aromatic heterocycles.